The van der Waals surface area contributed by atoms with E-state index in [-0.39, 0.29) is 24.3 Å². The standard InChI is InChI=1S/C20H22FNO4/c1-14(13-24-2)22(12-15-5-3-6-16(21)11-15)20(23)17-7-4-8-18-19(17)26-10-9-25-18/h3-8,11,14H,9-10,12-13H2,1-2H3. The minimum Gasteiger partial charge on any atom is -0.486 e. The molecule has 6 heteroatoms. The topological polar surface area (TPSA) is 48.0 Å². The van der Waals surface area contributed by atoms with E-state index in [1.165, 1.54) is 12.1 Å². The van der Waals surface area contributed by atoms with Gasteiger partial charge in [-0.25, -0.2) is 4.39 Å². The number of nitrogens with zero attached hydrogens (tertiary/aromatic N) is 1. The van der Waals surface area contributed by atoms with Gasteiger partial charge in [-0.05, 0) is 36.8 Å². The van der Waals surface area contributed by atoms with Gasteiger partial charge in [0, 0.05) is 13.7 Å². The van der Waals surface area contributed by atoms with E-state index in [1.54, 1.807) is 42.3 Å². The van der Waals surface area contributed by atoms with Crippen molar-refractivity contribution in [1.82, 2.24) is 4.90 Å². The fraction of sp³-hybridized carbons (Fsp3) is 0.350. The first-order chi connectivity index (χ1) is 12.6. The predicted octanol–water partition coefficient (Wildman–Crippen LogP) is 3.27. The summed E-state index contributed by atoms with van der Waals surface area (Å²) in [5.41, 5.74) is 1.14. The fourth-order valence-electron chi connectivity index (χ4n) is 2.99. The molecule has 5 nitrogen and oxygen atoms in total. The molecule has 1 aliphatic heterocycles. The molecule has 2 aromatic rings. The summed E-state index contributed by atoms with van der Waals surface area (Å²) < 4.78 is 30.0. The van der Waals surface area contributed by atoms with Crippen LogP contribution in [0.5, 0.6) is 11.5 Å². The Morgan fingerprint density at radius 2 is 2.00 bits per heavy atom. The summed E-state index contributed by atoms with van der Waals surface area (Å²) >= 11 is 0. The highest BCUT2D eigenvalue weighted by atomic mass is 19.1. The maximum absolute atomic E-state index is 13.6. The molecular weight excluding hydrogens is 337 g/mol. The molecule has 0 radical (unpaired) electrons. The van der Waals surface area contributed by atoms with E-state index in [0.29, 0.717) is 42.4 Å². The number of ether oxygens (including phenoxy) is 3. The second kappa shape index (κ2) is 8.19. The number of amides is 1. The highest BCUT2D eigenvalue weighted by molar-refractivity contribution is 5.98. The van der Waals surface area contributed by atoms with Crippen molar-refractivity contribution in [2.45, 2.75) is 19.5 Å². The summed E-state index contributed by atoms with van der Waals surface area (Å²) in [6.07, 6.45) is 0. The summed E-state index contributed by atoms with van der Waals surface area (Å²) in [5, 5.41) is 0. The summed E-state index contributed by atoms with van der Waals surface area (Å²) in [7, 11) is 1.59. The van der Waals surface area contributed by atoms with Gasteiger partial charge in [-0.1, -0.05) is 18.2 Å². The Balaban J connectivity index is 1.92. The monoisotopic (exact) mass is 359 g/mol. The molecule has 0 N–H and O–H groups in total. The minimum atomic E-state index is -0.330. The van der Waals surface area contributed by atoms with Crippen molar-refractivity contribution >= 4 is 5.91 Å². The maximum atomic E-state index is 13.6. The molecule has 0 aromatic heterocycles. The van der Waals surface area contributed by atoms with Crippen LogP contribution in [0.3, 0.4) is 0 Å². The van der Waals surface area contributed by atoms with E-state index in [4.69, 9.17) is 14.2 Å². The lowest BCUT2D eigenvalue weighted by Crippen LogP contribution is -2.41. The molecule has 3 rings (SSSR count). The van der Waals surface area contributed by atoms with Gasteiger partial charge in [0.15, 0.2) is 11.5 Å². The number of carbonyl (C=O) groups is 1. The Hall–Kier alpha value is -2.60. The first kappa shape index (κ1) is 18.2. The third-order valence-corrected chi connectivity index (χ3v) is 4.24. The van der Waals surface area contributed by atoms with Gasteiger partial charge in [0.1, 0.15) is 19.0 Å². The molecule has 1 aliphatic rings. The number of methoxy groups -OCH3 is 1. The second-order valence-electron chi connectivity index (χ2n) is 6.20. The van der Waals surface area contributed by atoms with Crippen LogP contribution in [0, 0.1) is 5.82 Å². The number of halogens is 1. The van der Waals surface area contributed by atoms with Crippen LogP contribution >= 0.6 is 0 Å². The molecule has 0 fully saturated rings. The van der Waals surface area contributed by atoms with Gasteiger partial charge >= 0.3 is 0 Å². The normalized spacial score (nSPS) is 14.0. The zero-order valence-electron chi connectivity index (χ0n) is 14.9. The van der Waals surface area contributed by atoms with Gasteiger partial charge in [-0.2, -0.15) is 0 Å². The predicted molar refractivity (Wildman–Crippen MR) is 95.0 cm³/mol. The van der Waals surface area contributed by atoms with Crippen molar-refractivity contribution in [3.05, 3.63) is 59.4 Å². The van der Waals surface area contributed by atoms with Crippen LogP contribution in [-0.2, 0) is 11.3 Å². The largest absolute Gasteiger partial charge is 0.486 e. The first-order valence-electron chi connectivity index (χ1n) is 8.53. The van der Waals surface area contributed by atoms with E-state index in [2.05, 4.69) is 0 Å². The van der Waals surface area contributed by atoms with Gasteiger partial charge in [0.05, 0.1) is 18.2 Å². The van der Waals surface area contributed by atoms with E-state index in [1.807, 2.05) is 6.92 Å². The van der Waals surface area contributed by atoms with Crippen molar-refractivity contribution < 1.29 is 23.4 Å². The Labute approximate surface area is 152 Å². The SMILES string of the molecule is COCC(C)N(Cc1cccc(F)c1)C(=O)c1cccc2c1OCCO2. The maximum Gasteiger partial charge on any atom is 0.258 e. The van der Waals surface area contributed by atoms with E-state index in [9.17, 15) is 9.18 Å². The van der Waals surface area contributed by atoms with Crippen LogP contribution in [-0.4, -0.2) is 43.8 Å². The molecule has 0 saturated carbocycles. The molecule has 1 unspecified atom stereocenters. The molecule has 2 aromatic carbocycles. The molecule has 1 atom stereocenters. The molecule has 0 saturated heterocycles. The Morgan fingerprint density at radius 1 is 1.23 bits per heavy atom. The van der Waals surface area contributed by atoms with Crippen LogP contribution in [0.25, 0.3) is 0 Å². The number of hydrogen-bond acceptors (Lipinski definition) is 4. The highest BCUT2D eigenvalue weighted by Crippen LogP contribution is 2.34. The van der Waals surface area contributed by atoms with Crippen molar-refractivity contribution in [2.24, 2.45) is 0 Å². The second-order valence-corrected chi connectivity index (χ2v) is 6.20. The van der Waals surface area contributed by atoms with Gasteiger partial charge in [0.2, 0.25) is 0 Å². The zero-order chi connectivity index (χ0) is 18.5. The van der Waals surface area contributed by atoms with Gasteiger partial charge < -0.3 is 19.1 Å². The molecular formula is C20H22FNO4. The third-order valence-electron chi connectivity index (χ3n) is 4.24. The lowest BCUT2D eigenvalue weighted by atomic mass is 10.1. The number of benzene rings is 2. The lowest BCUT2D eigenvalue weighted by molar-refractivity contribution is 0.0533. The molecule has 0 bridgehead atoms. The molecule has 1 amide bonds. The van der Waals surface area contributed by atoms with Crippen molar-refractivity contribution in [3.63, 3.8) is 0 Å². The number of hydrogen-bond donors (Lipinski definition) is 0. The minimum absolute atomic E-state index is 0.198. The summed E-state index contributed by atoms with van der Waals surface area (Å²) in [5.74, 6) is 0.481. The van der Waals surface area contributed by atoms with Gasteiger partial charge in [-0.15, -0.1) is 0 Å². The quantitative estimate of drug-likeness (QED) is 0.794. The number of fused-ring (bicyclic) bond motifs is 1. The van der Waals surface area contributed by atoms with E-state index >= 15 is 0 Å². The zero-order valence-corrected chi connectivity index (χ0v) is 14.9. The molecule has 1 heterocycles. The lowest BCUT2D eigenvalue weighted by Gasteiger charge is -2.30. The average Bonchev–Trinajstić information content (AvgIpc) is 2.65. The molecule has 138 valence electrons. The van der Waals surface area contributed by atoms with Crippen LogP contribution in [0.4, 0.5) is 4.39 Å². The fourth-order valence-corrected chi connectivity index (χ4v) is 2.99. The smallest absolute Gasteiger partial charge is 0.258 e. The number of rotatable bonds is 6. The van der Waals surface area contributed by atoms with E-state index in [0.717, 1.165) is 0 Å². The van der Waals surface area contributed by atoms with Crippen LogP contribution < -0.4 is 9.47 Å². The summed E-state index contributed by atoms with van der Waals surface area (Å²) in [6.45, 7) is 3.39. The van der Waals surface area contributed by atoms with Crippen LogP contribution in [0.15, 0.2) is 42.5 Å². The van der Waals surface area contributed by atoms with Crippen LogP contribution in [0.2, 0.25) is 0 Å². The van der Waals surface area contributed by atoms with Crippen molar-refractivity contribution in [3.8, 4) is 11.5 Å². The summed E-state index contributed by atoms with van der Waals surface area (Å²) in [4.78, 5) is 14.9. The van der Waals surface area contributed by atoms with Crippen molar-refractivity contribution in [1.29, 1.82) is 0 Å². The Kier molecular flexibility index (Phi) is 5.73. The Morgan fingerprint density at radius 3 is 2.77 bits per heavy atom. The molecule has 26 heavy (non-hydrogen) atoms. The first-order valence-corrected chi connectivity index (χ1v) is 8.53. The number of carbonyl (C=O) groups excluding carboxylic acids is 1. The third kappa shape index (κ3) is 3.96. The van der Waals surface area contributed by atoms with Crippen LogP contribution in [0.1, 0.15) is 22.8 Å². The molecule has 0 spiro atoms. The van der Waals surface area contributed by atoms with E-state index < -0.39 is 0 Å². The summed E-state index contributed by atoms with van der Waals surface area (Å²) in [6, 6.07) is 11.3. The van der Waals surface area contributed by atoms with Crippen molar-refractivity contribution in [2.75, 3.05) is 26.9 Å². The van der Waals surface area contributed by atoms with Gasteiger partial charge in [-0.3, -0.25) is 4.79 Å². The molecule has 0 aliphatic carbocycles. The Bertz CT molecular complexity index is 780. The van der Waals surface area contributed by atoms with Gasteiger partial charge in [0.25, 0.3) is 5.91 Å². The average molecular weight is 359 g/mol. The highest BCUT2D eigenvalue weighted by Gasteiger charge is 2.27. The number of para-hydroxylation sites is 1.